The van der Waals surface area contributed by atoms with E-state index in [1.807, 2.05) is 25.7 Å². The molecule has 1 saturated heterocycles. The zero-order valence-electron chi connectivity index (χ0n) is 10.2. The Labute approximate surface area is 102 Å². The molecule has 0 aromatic rings. The van der Waals surface area contributed by atoms with E-state index in [9.17, 15) is 4.79 Å². The Morgan fingerprint density at radius 2 is 2.31 bits per heavy atom. The summed E-state index contributed by atoms with van der Waals surface area (Å²) in [5.41, 5.74) is 0. The van der Waals surface area contributed by atoms with E-state index in [2.05, 4.69) is 4.90 Å². The first-order valence-corrected chi connectivity index (χ1v) is 7.01. The third-order valence-corrected chi connectivity index (χ3v) is 4.16. The van der Waals surface area contributed by atoms with Gasteiger partial charge in [-0.15, -0.1) is 0 Å². The molecule has 1 N–H and O–H groups in total. The van der Waals surface area contributed by atoms with E-state index in [0.717, 1.165) is 5.75 Å². The molecule has 0 aromatic carbocycles. The third kappa shape index (κ3) is 3.96. The van der Waals surface area contributed by atoms with Crippen molar-refractivity contribution >= 4 is 17.7 Å². The lowest BCUT2D eigenvalue weighted by molar-refractivity contribution is -0.132. The van der Waals surface area contributed by atoms with Gasteiger partial charge in [-0.05, 0) is 26.1 Å². The molecule has 5 heteroatoms. The Kier molecular flexibility index (Phi) is 6.16. The Morgan fingerprint density at radius 3 is 2.81 bits per heavy atom. The summed E-state index contributed by atoms with van der Waals surface area (Å²) in [7, 11) is 2.02. The van der Waals surface area contributed by atoms with Gasteiger partial charge in [0.25, 0.3) is 0 Å². The van der Waals surface area contributed by atoms with Gasteiger partial charge in [0.2, 0.25) is 5.91 Å². The third-order valence-electron chi connectivity index (χ3n) is 3.02. The van der Waals surface area contributed by atoms with Gasteiger partial charge in [0.1, 0.15) is 0 Å². The van der Waals surface area contributed by atoms with Gasteiger partial charge in [-0.1, -0.05) is 0 Å². The summed E-state index contributed by atoms with van der Waals surface area (Å²) in [5, 5.41) is 8.85. The van der Waals surface area contributed by atoms with E-state index in [1.165, 1.54) is 12.2 Å². The van der Waals surface area contributed by atoms with Crippen LogP contribution in [0.3, 0.4) is 0 Å². The van der Waals surface area contributed by atoms with Gasteiger partial charge in [0.05, 0.1) is 13.2 Å². The highest BCUT2D eigenvalue weighted by Gasteiger charge is 2.23. The number of carbonyl (C=O) groups is 1. The van der Waals surface area contributed by atoms with Crippen molar-refractivity contribution in [2.24, 2.45) is 0 Å². The molecule has 1 unspecified atom stereocenters. The van der Waals surface area contributed by atoms with Crippen LogP contribution in [-0.4, -0.2) is 71.6 Å². The number of nitrogens with zero attached hydrogens (tertiary/aromatic N) is 2. The van der Waals surface area contributed by atoms with Gasteiger partial charge in [0, 0.05) is 24.9 Å². The predicted molar refractivity (Wildman–Crippen MR) is 67.7 cm³/mol. The van der Waals surface area contributed by atoms with E-state index >= 15 is 0 Å². The first-order valence-electron chi connectivity index (χ1n) is 5.85. The van der Waals surface area contributed by atoms with Gasteiger partial charge >= 0.3 is 0 Å². The number of likely N-dealkylation sites (N-methyl/N-ethyl adjacent to an activating group) is 2. The number of rotatable bonds is 6. The van der Waals surface area contributed by atoms with Crippen LogP contribution in [0.4, 0.5) is 0 Å². The summed E-state index contributed by atoms with van der Waals surface area (Å²) in [4.78, 5) is 15.7. The first kappa shape index (κ1) is 13.8. The van der Waals surface area contributed by atoms with Crippen molar-refractivity contribution in [3.63, 3.8) is 0 Å². The molecule has 1 fully saturated rings. The minimum Gasteiger partial charge on any atom is -0.395 e. The monoisotopic (exact) mass is 246 g/mol. The van der Waals surface area contributed by atoms with Gasteiger partial charge in [0.15, 0.2) is 0 Å². The summed E-state index contributed by atoms with van der Waals surface area (Å²) >= 11 is 1.96. The van der Waals surface area contributed by atoms with Crippen LogP contribution in [0.2, 0.25) is 0 Å². The fourth-order valence-electron chi connectivity index (χ4n) is 1.89. The molecule has 16 heavy (non-hydrogen) atoms. The number of hydrogen-bond acceptors (Lipinski definition) is 4. The number of thioether (sulfide) groups is 1. The number of aliphatic hydroxyl groups is 1. The molecular weight excluding hydrogens is 224 g/mol. The predicted octanol–water partition coefficient (Wildman–Crippen LogP) is 0.265. The number of amides is 1. The zero-order chi connectivity index (χ0) is 12.0. The fourth-order valence-corrected chi connectivity index (χ4v) is 3.19. The molecule has 0 bridgehead atoms. The van der Waals surface area contributed by atoms with Crippen molar-refractivity contribution in [3.8, 4) is 0 Å². The summed E-state index contributed by atoms with van der Waals surface area (Å²) in [5.74, 6) is 2.46. The standard InChI is InChI=1S/C11H22N2O2S/c1-3-13(5-6-14)11(15)8-12(2)10-4-7-16-9-10/h10,14H,3-9H2,1-2H3. The van der Waals surface area contributed by atoms with Gasteiger partial charge in [-0.2, -0.15) is 11.8 Å². The zero-order valence-corrected chi connectivity index (χ0v) is 11.0. The molecule has 94 valence electrons. The van der Waals surface area contributed by atoms with Crippen molar-refractivity contribution in [2.75, 3.05) is 44.8 Å². The maximum Gasteiger partial charge on any atom is 0.236 e. The second kappa shape index (κ2) is 7.14. The highest BCUT2D eigenvalue weighted by Crippen LogP contribution is 2.21. The van der Waals surface area contributed by atoms with Crippen LogP contribution < -0.4 is 0 Å². The Hall–Kier alpha value is -0.260. The topological polar surface area (TPSA) is 43.8 Å². The largest absolute Gasteiger partial charge is 0.395 e. The Morgan fingerprint density at radius 1 is 1.56 bits per heavy atom. The quantitative estimate of drug-likeness (QED) is 0.730. The lowest BCUT2D eigenvalue weighted by atomic mass is 10.2. The van der Waals surface area contributed by atoms with Crippen LogP contribution in [0.1, 0.15) is 13.3 Å². The Bertz CT molecular complexity index is 220. The second-order valence-electron chi connectivity index (χ2n) is 4.13. The molecule has 0 radical (unpaired) electrons. The Balaban J connectivity index is 2.36. The molecule has 0 spiro atoms. The average Bonchev–Trinajstić information content (AvgIpc) is 2.78. The second-order valence-corrected chi connectivity index (χ2v) is 5.28. The maximum absolute atomic E-state index is 11.9. The molecule has 0 saturated carbocycles. The molecule has 1 atom stereocenters. The minimum atomic E-state index is 0.0442. The minimum absolute atomic E-state index is 0.0442. The molecule has 1 rings (SSSR count). The number of aliphatic hydroxyl groups excluding tert-OH is 1. The van der Waals surface area contributed by atoms with Crippen molar-refractivity contribution in [2.45, 2.75) is 19.4 Å². The van der Waals surface area contributed by atoms with Crippen LogP contribution in [0.25, 0.3) is 0 Å². The molecule has 4 nitrogen and oxygen atoms in total. The lowest BCUT2D eigenvalue weighted by Crippen LogP contribution is -2.43. The molecule has 1 amide bonds. The van der Waals surface area contributed by atoms with E-state index in [4.69, 9.17) is 5.11 Å². The van der Waals surface area contributed by atoms with Crippen LogP contribution in [0, 0.1) is 0 Å². The highest BCUT2D eigenvalue weighted by atomic mass is 32.2. The maximum atomic E-state index is 11.9. The van der Waals surface area contributed by atoms with Crippen molar-refractivity contribution in [1.29, 1.82) is 0 Å². The van der Waals surface area contributed by atoms with Crippen LogP contribution in [-0.2, 0) is 4.79 Å². The lowest BCUT2D eigenvalue weighted by Gasteiger charge is -2.27. The van der Waals surface area contributed by atoms with E-state index in [-0.39, 0.29) is 12.5 Å². The normalized spacial score (nSPS) is 20.4. The summed E-state index contributed by atoms with van der Waals surface area (Å²) in [6, 6.07) is 0.543. The molecule has 1 aliphatic heterocycles. The fraction of sp³-hybridized carbons (Fsp3) is 0.909. The van der Waals surface area contributed by atoms with E-state index in [1.54, 1.807) is 4.90 Å². The van der Waals surface area contributed by atoms with Crippen LogP contribution >= 0.6 is 11.8 Å². The summed E-state index contributed by atoms with van der Waals surface area (Å²) in [6.07, 6.45) is 1.18. The average molecular weight is 246 g/mol. The first-order chi connectivity index (χ1) is 7.69. The van der Waals surface area contributed by atoms with E-state index in [0.29, 0.717) is 25.7 Å². The summed E-state index contributed by atoms with van der Waals surface area (Å²) in [6.45, 7) is 3.58. The molecule has 0 aromatic heterocycles. The molecule has 1 aliphatic rings. The van der Waals surface area contributed by atoms with Gasteiger partial charge in [-0.25, -0.2) is 0 Å². The van der Waals surface area contributed by atoms with E-state index < -0.39 is 0 Å². The molecular formula is C11H22N2O2S. The highest BCUT2D eigenvalue weighted by molar-refractivity contribution is 7.99. The number of carbonyl (C=O) groups excluding carboxylic acids is 1. The summed E-state index contributed by atoms with van der Waals surface area (Å²) < 4.78 is 0. The molecule has 1 heterocycles. The smallest absolute Gasteiger partial charge is 0.236 e. The van der Waals surface area contributed by atoms with Crippen LogP contribution in [0.15, 0.2) is 0 Å². The van der Waals surface area contributed by atoms with Crippen molar-refractivity contribution < 1.29 is 9.90 Å². The van der Waals surface area contributed by atoms with Gasteiger partial charge in [-0.3, -0.25) is 9.69 Å². The van der Waals surface area contributed by atoms with Crippen LogP contribution in [0.5, 0.6) is 0 Å². The van der Waals surface area contributed by atoms with Crippen molar-refractivity contribution in [1.82, 2.24) is 9.80 Å². The van der Waals surface area contributed by atoms with Crippen molar-refractivity contribution in [3.05, 3.63) is 0 Å². The SMILES string of the molecule is CCN(CCO)C(=O)CN(C)C1CCSC1. The molecule has 0 aliphatic carbocycles. The van der Waals surface area contributed by atoms with Gasteiger partial charge < -0.3 is 10.0 Å². The number of hydrogen-bond donors (Lipinski definition) is 1.